The van der Waals surface area contributed by atoms with Gasteiger partial charge in [-0.2, -0.15) is 0 Å². The number of carbonyl (C=O) groups is 1. The largest absolute Gasteiger partial charge is 0.486 e. The summed E-state index contributed by atoms with van der Waals surface area (Å²) in [6.45, 7) is 0. The van der Waals surface area contributed by atoms with Crippen LogP contribution in [0.3, 0.4) is 0 Å². The Labute approximate surface area is 170 Å². The van der Waals surface area contributed by atoms with Crippen LogP contribution < -0.4 is 4.74 Å². The summed E-state index contributed by atoms with van der Waals surface area (Å²) < 4.78 is 24.1. The molecule has 0 aromatic heterocycles. The van der Waals surface area contributed by atoms with Crippen LogP contribution in [0.1, 0.15) is 35.6 Å². The number of halogens is 1. The molecule has 3 aromatic carbocycles. The molecule has 148 valence electrons. The first-order chi connectivity index (χ1) is 14.1. The van der Waals surface area contributed by atoms with Crippen LogP contribution in [0.2, 0.25) is 0 Å². The molecule has 0 spiro atoms. The number of hydrogen-bond acceptors (Lipinski definition) is 3. The average molecular weight is 390 g/mol. The minimum Gasteiger partial charge on any atom is -0.486 e. The lowest BCUT2D eigenvalue weighted by molar-refractivity contribution is -0.140. The van der Waals surface area contributed by atoms with Gasteiger partial charge in [-0.15, -0.1) is 0 Å². The zero-order valence-corrected chi connectivity index (χ0v) is 16.4. The van der Waals surface area contributed by atoms with Gasteiger partial charge in [0.25, 0.3) is 0 Å². The van der Waals surface area contributed by atoms with Crippen LogP contribution in [0.25, 0.3) is 11.1 Å². The van der Waals surface area contributed by atoms with Gasteiger partial charge in [-0.05, 0) is 71.3 Å². The van der Waals surface area contributed by atoms with E-state index in [1.807, 2.05) is 36.4 Å². The van der Waals surface area contributed by atoms with E-state index in [1.54, 1.807) is 0 Å². The molecular formula is C25H23FO3. The van der Waals surface area contributed by atoms with E-state index in [9.17, 15) is 9.18 Å². The van der Waals surface area contributed by atoms with Crippen molar-refractivity contribution in [3.63, 3.8) is 0 Å². The summed E-state index contributed by atoms with van der Waals surface area (Å²) in [5, 5.41) is 0. The Balaban J connectivity index is 1.43. The maximum Gasteiger partial charge on any atom is 0.305 e. The first kappa shape index (κ1) is 19.2. The van der Waals surface area contributed by atoms with Crippen molar-refractivity contribution in [3.05, 3.63) is 89.2 Å². The second-order valence-electron chi connectivity index (χ2n) is 7.29. The van der Waals surface area contributed by atoms with Crippen molar-refractivity contribution in [3.8, 4) is 16.9 Å². The Morgan fingerprint density at radius 1 is 1.00 bits per heavy atom. The van der Waals surface area contributed by atoms with Crippen LogP contribution in [-0.4, -0.2) is 13.1 Å². The molecule has 0 fully saturated rings. The van der Waals surface area contributed by atoms with E-state index >= 15 is 0 Å². The normalized spacial score (nSPS) is 15.0. The predicted molar refractivity (Wildman–Crippen MR) is 110 cm³/mol. The van der Waals surface area contributed by atoms with Crippen LogP contribution in [0.5, 0.6) is 5.75 Å². The molecule has 29 heavy (non-hydrogen) atoms. The van der Waals surface area contributed by atoms with Crippen molar-refractivity contribution >= 4 is 5.97 Å². The van der Waals surface area contributed by atoms with Crippen molar-refractivity contribution in [1.82, 2.24) is 0 Å². The molecule has 0 heterocycles. The summed E-state index contributed by atoms with van der Waals surface area (Å²) >= 11 is 0. The number of rotatable bonds is 6. The Bertz CT molecular complexity index is 994. The van der Waals surface area contributed by atoms with Crippen LogP contribution in [0, 0.1) is 5.82 Å². The second-order valence-corrected chi connectivity index (χ2v) is 7.29. The van der Waals surface area contributed by atoms with Crippen LogP contribution >= 0.6 is 0 Å². The van der Waals surface area contributed by atoms with Gasteiger partial charge in [0.1, 0.15) is 17.7 Å². The first-order valence-corrected chi connectivity index (χ1v) is 9.83. The van der Waals surface area contributed by atoms with E-state index in [0.717, 1.165) is 35.3 Å². The number of benzene rings is 3. The molecule has 0 radical (unpaired) electrons. The molecule has 0 N–H and O–H groups in total. The molecule has 1 atom stereocenters. The highest BCUT2D eigenvalue weighted by Gasteiger charge is 2.24. The second kappa shape index (κ2) is 8.48. The van der Waals surface area contributed by atoms with Crippen molar-refractivity contribution in [2.24, 2.45) is 0 Å². The number of fused-ring (bicyclic) bond motifs is 1. The Kier molecular flexibility index (Phi) is 5.61. The minimum absolute atomic E-state index is 0.0354. The highest BCUT2D eigenvalue weighted by Crippen LogP contribution is 2.37. The number of carbonyl (C=O) groups excluding carboxylic acids is 1. The van der Waals surface area contributed by atoms with Crippen molar-refractivity contribution < 1.29 is 18.7 Å². The number of esters is 1. The highest BCUT2D eigenvalue weighted by atomic mass is 19.1. The van der Waals surface area contributed by atoms with Gasteiger partial charge in [0, 0.05) is 6.42 Å². The minimum atomic E-state index is -0.223. The highest BCUT2D eigenvalue weighted by molar-refractivity contribution is 5.69. The monoisotopic (exact) mass is 390 g/mol. The molecule has 0 bridgehead atoms. The van der Waals surface area contributed by atoms with Crippen LogP contribution in [-0.2, 0) is 22.4 Å². The predicted octanol–water partition coefficient (Wildman–Crippen LogP) is 5.66. The fourth-order valence-corrected chi connectivity index (χ4v) is 3.77. The average Bonchev–Trinajstić information content (AvgIpc) is 3.15. The van der Waals surface area contributed by atoms with E-state index in [4.69, 9.17) is 4.74 Å². The molecule has 0 saturated heterocycles. The molecular weight excluding hydrogens is 367 g/mol. The van der Waals surface area contributed by atoms with Gasteiger partial charge in [0.2, 0.25) is 0 Å². The maximum atomic E-state index is 13.2. The summed E-state index contributed by atoms with van der Waals surface area (Å²) in [5.41, 5.74) is 5.69. The Hall–Kier alpha value is -3.14. The van der Waals surface area contributed by atoms with Gasteiger partial charge >= 0.3 is 5.97 Å². The number of hydrogen-bond donors (Lipinski definition) is 0. The molecule has 0 aliphatic heterocycles. The van der Waals surface area contributed by atoms with Gasteiger partial charge < -0.3 is 9.47 Å². The molecule has 3 nitrogen and oxygen atoms in total. The number of ether oxygens (including phenoxy) is 2. The van der Waals surface area contributed by atoms with Gasteiger partial charge in [0.15, 0.2) is 0 Å². The van der Waals surface area contributed by atoms with E-state index in [0.29, 0.717) is 12.8 Å². The van der Waals surface area contributed by atoms with E-state index in [2.05, 4.69) is 22.9 Å². The van der Waals surface area contributed by atoms with Crippen molar-refractivity contribution in [2.45, 2.75) is 31.8 Å². The summed E-state index contributed by atoms with van der Waals surface area (Å²) in [6.07, 6.45) is 2.97. The summed E-state index contributed by atoms with van der Waals surface area (Å²) in [7, 11) is 1.40. The molecule has 1 aliphatic carbocycles. The fourth-order valence-electron chi connectivity index (χ4n) is 3.77. The topological polar surface area (TPSA) is 35.5 Å². The maximum absolute atomic E-state index is 13.2. The lowest BCUT2D eigenvalue weighted by atomic mass is 10.0. The third-order valence-corrected chi connectivity index (χ3v) is 5.39. The quantitative estimate of drug-likeness (QED) is 0.509. The SMILES string of the molecule is COC(=O)CCc1ccc(OC2CCc3cc(-c4ccc(F)cc4)ccc32)cc1. The first-order valence-electron chi connectivity index (χ1n) is 9.83. The fraction of sp³-hybridized carbons (Fsp3) is 0.240. The lowest BCUT2D eigenvalue weighted by Gasteiger charge is -2.16. The summed E-state index contributed by atoms with van der Waals surface area (Å²) in [4.78, 5) is 11.3. The molecule has 1 unspecified atom stereocenters. The van der Waals surface area contributed by atoms with Crippen molar-refractivity contribution in [1.29, 1.82) is 0 Å². The lowest BCUT2D eigenvalue weighted by Crippen LogP contribution is -2.04. The van der Waals surface area contributed by atoms with E-state index < -0.39 is 0 Å². The molecule has 1 aliphatic rings. The smallest absolute Gasteiger partial charge is 0.305 e. The Morgan fingerprint density at radius 3 is 2.45 bits per heavy atom. The van der Waals surface area contributed by atoms with Crippen LogP contribution in [0.4, 0.5) is 4.39 Å². The van der Waals surface area contributed by atoms with E-state index in [1.165, 1.54) is 30.4 Å². The number of methoxy groups -OCH3 is 1. The van der Waals surface area contributed by atoms with E-state index in [-0.39, 0.29) is 17.9 Å². The van der Waals surface area contributed by atoms with Gasteiger partial charge in [0.05, 0.1) is 7.11 Å². The zero-order chi connectivity index (χ0) is 20.2. The van der Waals surface area contributed by atoms with Crippen LogP contribution in [0.15, 0.2) is 66.7 Å². The van der Waals surface area contributed by atoms with Gasteiger partial charge in [-0.1, -0.05) is 42.5 Å². The molecule has 4 heteroatoms. The number of aryl methyl sites for hydroxylation is 2. The molecule has 0 amide bonds. The molecule has 4 rings (SSSR count). The zero-order valence-electron chi connectivity index (χ0n) is 16.4. The molecule has 3 aromatic rings. The third kappa shape index (κ3) is 4.48. The molecule has 0 saturated carbocycles. The van der Waals surface area contributed by atoms with Gasteiger partial charge in [-0.25, -0.2) is 4.39 Å². The third-order valence-electron chi connectivity index (χ3n) is 5.39. The summed E-state index contributed by atoms with van der Waals surface area (Å²) in [5.74, 6) is 0.403. The standard InChI is InChI=1S/C25H23FO3/c1-28-25(27)15-4-17-2-11-22(12-3-17)29-24-14-8-20-16-19(7-13-23(20)24)18-5-9-21(26)10-6-18/h2-3,5-7,9-13,16,24H,4,8,14-15H2,1H3. The van der Waals surface area contributed by atoms with Gasteiger partial charge in [-0.3, -0.25) is 4.79 Å². The Morgan fingerprint density at radius 2 is 1.72 bits per heavy atom. The van der Waals surface area contributed by atoms with Crippen molar-refractivity contribution in [2.75, 3.05) is 7.11 Å². The summed E-state index contributed by atoms with van der Waals surface area (Å²) in [6, 6.07) is 20.9.